The second-order valence-electron chi connectivity index (χ2n) is 5.22. The van der Waals surface area contributed by atoms with Crippen LogP contribution in [0.2, 0.25) is 5.02 Å². The molecule has 1 rings (SSSR count). The number of aliphatic carboxylic acids is 1. The van der Waals surface area contributed by atoms with Crippen molar-refractivity contribution in [1.82, 2.24) is 5.32 Å². The van der Waals surface area contributed by atoms with Gasteiger partial charge < -0.3 is 15.2 Å². The van der Waals surface area contributed by atoms with Crippen LogP contribution in [0.5, 0.6) is 5.75 Å². The van der Waals surface area contributed by atoms with Crippen LogP contribution in [0, 0.1) is 5.92 Å². The summed E-state index contributed by atoms with van der Waals surface area (Å²) in [6, 6.07) is 4.09. The molecule has 1 aromatic rings. The number of nitrogens with one attached hydrogen (secondary N) is 1. The second-order valence-corrected chi connectivity index (χ2v) is 5.66. The fraction of sp³-hybridized carbons (Fsp3) is 0.467. The summed E-state index contributed by atoms with van der Waals surface area (Å²) in [6.07, 6.45) is 0.432. The Morgan fingerprint density at radius 2 is 2.05 bits per heavy atom. The summed E-state index contributed by atoms with van der Waals surface area (Å²) in [4.78, 5) is 23.1. The number of carbonyl (C=O) groups is 2. The van der Waals surface area contributed by atoms with Gasteiger partial charge >= 0.3 is 5.97 Å². The van der Waals surface area contributed by atoms with Gasteiger partial charge in [-0.1, -0.05) is 31.5 Å². The molecule has 0 radical (unpaired) electrons. The summed E-state index contributed by atoms with van der Waals surface area (Å²) in [5, 5.41) is 12.2. The minimum absolute atomic E-state index is 0.0439. The van der Waals surface area contributed by atoms with Gasteiger partial charge in [0.2, 0.25) is 5.91 Å². The molecule has 0 aliphatic heterocycles. The first-order valence-corrected chi connectivity index (χ1v) is 7.05. The number of halogens is 1. The maximum absolute atomic E-state index is 12.0. The predicted octanol–water partition coefficient (Wildman–Crippen LogP) is 2.51. The van der Waals surface area contributed by atoms with Crippen molar-refractivity contribution in [1.29, 1.82) is 0 Å². The minimum Gasteiger partial charge on any atom is -0.496 e. The van der Waals surface area contributed by atoms with Crippen LogP contribution in [-0.4, -0.2) is 30.1 Å². The van der Waals surface area contributed by atoms with Gasteiger partial charge in [0.15, 0.2) is 0 Å². The van der Waals surface area contributed by atoms with E-state index in [0.29, 0.717) is 22.8 Å². The maximum atomic E-state index is 12.0. The van der Waals surface area contributed by atoms with Crippen LogP contribution in [0.3, 0.4) is 0 Å². The Bertz CT molecular complexity index is 516. The Labute approximate surface area is 129 Å². The highest BCUT2D eigenvalue weighted by Crippen LogP contribution is 2.23. The lowest BCUT2D eigenvalue weighted by atomic mass is 10.0. The molecule has 1 aromatic carbocycles. The number of hydrogen-bond acceptors (Lipinski definition) is 3. The average Bonchev–Trinajstić information content (AvgIpc) is 2.39. The molecule has 0 spiro atoms. The summed E-state index contributed by atoms with van der Waals surface area (Å²) >= 11 is 5.86. The van der Waals surface area contributed by atoms with Gasteiger partial charge in [-0.3, -0.25) is 4.79 Å². The molecule has 116 valence electrons. The third-order valence-corrected chi connectivity index (χ3v) is 3.18. The van der Waals surface area contributed by atoms with Crippen molar-refractivity contribution < 1.29 is 19.4 Å². The zero-order chi connectivity index (χ0) is 16.0. The molecular formula is C15H20ClNO4. The van der Waals surface area contributed by atoms with Gasteiger partial charge in [0.1, 0.15) is 11.8 Å². The van der Waals surface area contributed by atoms with Crippen LogP contribution in [-0.2, 0) is 16.0 Å². The molecule has 2 N–H and O–H groups in total. The van der Waals surface area contributed by atoms with E-state index in [1.54, 1.807) is 18.2 Å². The molecule has 1 unspecified atom stereocenters. The summed E-state index contributed by atoms with van der Waals surface area (Å²) in [7, 11) is 1.49. The molecule has 0 aliphatic rings. The lowest BCUT2D eigenvalue weighted by Gasteiger charge is -2.17. The van der Waals surface area contributed by atoms with E-state index < -0.39 is 12.0 Å². The Balaban J connectivity index is 2.74. The minimum atomic E-state index is -1.03. The molecule has 1 atom stereocenters. The number of methoxy groups -OCH3 is 1. The van der Waals surface area contributed by atoms with Crippen molar-refractivity contribution in [2.24, 2.45) is 5.92 Å². The van der Waals surface area contributed by atoms with Gasteiger partial charge in [0, 0.05) is 10.6 Å². The van der Waals surface area contributed by atoms with Crippen LogP contribution in [0.4, 0.5) is 0 Å². The molecule has 0 bridgehead atoms. The van der Waals surface area contributed by atoms with E-state index in [2.05, 4.69) is 5.32 Å². The van der Waals surface area contributed by atoms with Crippen molar-refractivity contribution in [3.8, 4) is 5.75 Å². The van der Waals surface area contributed by atoms with Crippen LogP contribution >= 0.6 is 11.6 Å². The number of benzene rings is 1. The number of carboxylic acids is 1. The van der Waals surface area contributed by atoms with Gasteiger partial charge in [-0.25, -0.2) is 4.79 Å². The number of ether oxygens (including phenoxy) is 1. The SMILES string of the molecule is COc1cc(Cl)ccc1CC(=O)NC(CC(C)C)C(=O)O. The molecular weight excluding hydrogens is 294 g/mol. The monoisotopic (exact) mass is 313 g/mol. The van der Waals surface area contributed by atoms with Crippen LogP contribution in [0.1, 0.15) is 25.8 Å². The molecule has 5 nitrogen and oxygen atoms in total. The number of rotatable bonds is 7. The van der Waals surface area contributed by atoms with Crippen LogP contribution in [0.25, 0.3) is 0 Å². The van der Waals surface area contributed by atoms with E-state index in [1.165, 1.54) is 7.11 Å². The molecule has 21 heavy (non-hydrogen) atoms. The van der Waals surface area contributed by atoms with E-state index in [-0.39, 0.29) is 18.2 Å². The lowest BCUT2D eigenvalue weighted by Crippen LogP contribution is -2.42. The van der Waals surface area contributed by atoms with Gasteiger partial charge in [-0.15, -0.1) is 0 Å². The first kappa shape index (κ1) is 17.3. The summed E-state index contributed by atoms with van der Waals surface area (Å²) in [5.41, 5.74) is 0.660. The fourth-order valence-corrected chi connectivity index (χ4v) is 2.14. The van der Waals surface area contributed by atoms with Crippen molar-refractivity contribution in [2.75, 3.05) is 7.11 Å². The van der Waals surface area contributed by atoms with Crippen molar-refractivity contribution in [3.63, 3.8) is 0 Å². The van der Waals surface area contributed by atoms with Crippen molar-refractivity contribution in [2.45, 2.75) is 32.7 Å². The predicted molar refractivity (Wildman–Crippen MR) is 80.7 cm³/mol. The molecule has 1 amide bonds. The highest BCUT2D eigenvalue weighted by molar-refractivity contribution is 6.30. The van der Waals surface area contributed by atoms with E-state index in [4.69, 9.17) is 21.4 Å². The molecule has 0 aromatic heterocycles. The number of hydrogen-bond donors (Lipinski definition) is 2. The third kappa shape index (κ3) is 5.63. The van der Waals surface area contributed by atoms with Gasteiger partial charge in [-0.2, -0.15) is 0 Å². The standard InChI is InChI=1S/C15H20ClNO4/c1-9(2)6-12(15(19)20)17-14(18)7-10-4-5-11(16)8-13(10)21-3/h4-5,8-9,12H,6-7H2,1-3H3,(H,17,18)(H,19,20). The normalized spacial score (nSPS) is 12.0. The Kier molecular flexibility index (Phi) is 6.49. The third-order valence-electron chi connectivity index (χ3n) is 2.94. The molecule has 0 aliphatic carbocycles. The van der Waals surface area contributed by atoms with E-state index >= 15 is 0 Å². The highest BCUT2D eigenvalue weighted by Gasteiger charge is 2.21. The largest absolute Gasteiger partial charge is 0.496 e. The maximum Gasteiger partial charge on any atom is 0.326 e. The van der Waals surface area contributed by atoms with E-state index in [9.17, 15) is 9.59 Å². The van der Waals surface area contributed by atoms with Gasteiger partial charge in [-0.05, 0) is 24.5 Å². The summed E-state index contributed by atoms with van der Waals surface area (Å²) in [5.74, 6) is -0.700. The Hall–Kier alpha value is -1.75. The zero-order valence-electron chi connectivity index (χ0n) is 12.4. The van der Waals surface area contributed by atoms with Gasteiger partial charge in [0.25, 0.3) is 0 Å². The fourth-order valence-electron chi connectivity index (χ4n) is 1.98. The van der Waals surface area contributed by atoms with Crippen LogP contribution < -0.4 is 10.1 Å². The Morgan fingerprint density at radius 1 is 1.38 bits per heavy atom. The van der Waals surface area contributed by atoms with Crippen LogP contribution in [0.15, 0.2) is 18.2 Å². The first-order valence-electron chi connectivity index (χ1n) is 6.68. The molecule has 0 heterocycles. The smallest absolute Gasteiger partial charge is 0.326 e. The lowest BCUT2D eigenvalue weighted by molar-refractivity contribution is -0.142. The van der Waals surface area contributed by atoms with Gasteiger partial charge in [0.05, 0.1) is 13.5 Å². The number of carbonyl (C=O) groups excluding carboxylic acids is 1. The topological polar surface area (TPSA) is 75.6 Å². The molecule has 6 heteroatoms. The number of carboxylic acid groups (broad SMARTS) is 1. The van der Waals surface area contributed by atoms with E-state index in [0.717, 1.165) is 0 Å². The zero-order valence-corrected chi connectivity index (χ0v) is 13.1. The first-order chi connectivity index (χ1) is 9.83. The summed E-state index contributed by atoms with van der Waals surface area (Å²) in [6.45, 7) is 3.81. The second kappa shape index (κ2) is 7.88. The van der Waals surface area contributed by atoms with E-state index in [1.807, 2.05) is 13.8 Å². The highest BCUT2D eigenvalue weighted by atomic mass is 35.5. The Morgan fingerprint density at radius 3 is 2.57 bits per heavy atom. The average molecular weight is 314 g/mol. The number of amides is 1. The molecule has 0 saturated heterocycles. The quantitative estimate of drug-likeness (QED) is 0.811. The summed E-state index contributed by atoms with van der Waals surface area (Å²) < 4.78 is 5.16. The molecule has 0 fully saturated rings. The van der Waals surface area contributed by atoms with Crippen molar-refractivity contribution >= 4 is 23.5 Å². The van der Waals surface area contributed by atoms with Crippen molar-refractivity contribution in [3.05, 3.63) is 28.8 Å². The molecule has 0 saturated carbocycles.